The number of thiazole rings is 1. The van der Waals surface area contributed by atoms with E-state index in [2.05, 4.69) is 4.98 Å². The Morgan fingerprint density at radius 2 is 2.09 bits per heavy atom. The fourth-order valence-corrected chi connectivity index (χ4v) is 7.03. The summed E-state index contributed by atoms with van der Waals surface area (Å²) in [6.07, 6.45) is 1.10. The number of thioether (sulfide) groups is 1. The molecule has 0 saturated carbocycles. The van der Waals surface area contributed by atoms with Crippen molar-refractivity contribution in [3.8, 4) is 0 Å². The third-order valence-corrected chi connectivity index (χ3v) is 9.11. The molecule has 1 amide bonds. The highest BCUT2D eigenvalue weighted by atomic mass is 32.2. The van der Waals surface area contributed by atoms with E-state index >= 15 is 0 Å². The van der Waals surface area contributed by atoms with E-state index in [1.807, 2.05) is 38.3 Å². The van der Waals surface area contributed by atoms with E-state index in [9.17, 15) is 18.0 Å². The van der Waals surface area contributed by atoms with E-state index in [0.29, 0.717) is 24.2 Å². The SMILES string of the molecule is CC[C@H](C)N(C(=O)COC(=O)c1ccccc1SCc1csc(C)n1)[C@@H]1CCS(=O)(=O)C1. The summed E-state index contributed by atoms with van der Waals surface area (Å²) in [4.78, 5) is 32.5. The number of hydrogen-bond acceptors (Lipinski definition) is 8. The third-order valence-electron chi connectivity index (χ3n) is 5.43. The lowest BCUT2D eigenvalue weighted by Gasteiger charge is -2.33. The number of carbonyl (C=O) groups is 2. The number of rotatable bonds is 9. The van der Waals surface area contributed by atoms with E-state index in [4.69, 9.17) is 4.74 Å². The minimum atomic E-state index is -3.13. The lowest BCUT2D eigenvalue weighted by Crippen LogP contribution is -2.48. The van der Waals surface area contributed by atoms with Crippen molar-refractivity contribution in [1.29, 1.82) is 0 Å². The van der Waals surface area contributed by atoms with Gasteiger partial charge in [-0.3, -0.25) is 4.79 Å². The molecule has 0 spiro atoms. The van der Waals surface area contributed by atoms with Crippen LogP contribution in [0.5, 0.6) is 0 Å². The van der Waals surface area contributed by atoms with Gasteiger partial charge in [0.2, 0.25) is 0 Å². The summed E-state index contributed by atoms with van der Waals surface area (Å²) < 4.78 is 29.2. The number of aromatic nitrogens is 1. The van der Waals surface area contributed by atoms with Gasteiger partial charge in [-0.2, -0.15) is 0 Å². The van der Waals surface area contributed by atoms with Gasteiger partial charge >= 0.3 is 5.97 Å². The van der Waals surface area contributed by atoms with Crippen LogP contribution in [0.4, 0.5) is 0 Å². The number of aryl methyl sites for hydroxylation is 1. The number of nitrogens with zero attached hydrogens (tertiary/aromatic N) is 2. The molecule has 0 bridgehead atoms. The predicted octanol–water partition coefficient (Wildman–Crippen LogP) is 3.71. The van der Waals surface area contributed by atoms with Gasteiger partial charge in [0, 0.05) is 28.1 Å². The Bertz CT molecular complexity index is 1070. The Hall–Kier alpha value is -1.91. The Morgan fingerprint density at radius 3 is 2.72 bits per heavy atom. The summed E-state index contributed by atoms with van der Waals surface area (Å²) in [5.41, 5.74) is 1.35. The van der Waals surface area contributed by atoms with Crippen LogP contribution in [-0.2, 0) is 25.1 Å². The van der Waals surface area contributed by atoms with Crippen LogP contribution in [0.15, 0.2) is 34.5 Å². The summed E-state index contributed by atoms with van der Waals surface area (Å²) in [5.74, 6) is -0.254. The average Bonchev–Trinajstić information content (AvgIpc) is 3.35. The van der Waals surface area contributed by atoms with E-state index in [0.717, 1.165) is 15.6 Å². The van der Waals surface area contributed by atoms with Crippen molar-refractivity contribution in [3.63, 3.8) is 0 Å². The van der Waals surface area contributed by atoms with Gasteiger partial charge in [-0.25, -0.2) is 18.2 Å². The second kappa shape index (κ2) is 10.8. The van der Waals surface area contributed by atoms with Crippen molar-refractivity contribution in [2.75, 3.05) is 18.1 Å². The van der Waals surface area contributed by atoms with Crippen LogP contribution in [0.25, 0.3) is 0 Å². The number of benzene rings is 1. The molecule has 1 aliphatic heterocycles. The van der Waals surface area contributed by atoms with Gasteiger partial charge in [0.15, 0.2) is 16.4 Å². The third kappa shape index (κ3) is 6.32. The van der Waals surface area contributed by atoms with Gasteiger partial charge in [0.25, 0.3) is 5.91 Å². The zero-order chi connectivity index (χ0) is 23.3. The van der Waals surface area contributed by atoms with E-state index < -0.39 is 22.4 Å². The van der Waals surface area contributed by atoms with Crippen molar-refractivity contribution in [1.82, 2.24) is 9.88 Å². The molecule has 0 unspecified atom stereocenters. The normalized spacial score (nSPS) is 18.3. The highest BCUT2D eigenvalue weighted by molar-refractivity contribution is 7.98. The summed E-state index contributed by atoms with van der Waals surface area (Å²) in [6.45, 7) is 5.36. The predicted molar refractivity (Wildman–Crippen MR) is 127 cm³/mol. The fraction of sp³-hybridized carbons (Fsp3) is 0.500. The Morgan fingerprint density at radius 1 is 1.34 bits per heavy atom. The lowest BCUT2D eigenvalue weighted by atomic mass is 10.1. The zero-order valence-electron chi connectivity index (χ0n) is 18.4. The van der Waals surface area contributed by atoms with Gasteiger partial charge in [-0.15, -0.1) is 23.1 Å². The molecule has 2 aromatic rings. The van der Waals surface area contributed by atoms with Crippen molar-refractivity contribution >= 4 is 44.8 Å². The summed E-state index contributed by atoms with van der Waals surface area (Å²) in [7, 11) is -3.13. The van der Waals surface area contributed by atoms with Crippen LogP contribution < -0.4 is 0 Å². The van der Waals surface area contributed by atoms with Gasteiger partial charge < -0.3 is 9.64 Å². The molecule has 174 valence electrons. The molecule has 10 heteroatoms. The lowest BCUT2D eigenvalue weighted by molar-refractivity contribution is -0.138. The van der Waals surface area contributed by atoms with Crippen LogP contribution in [-0.4, -0.2) is 60.4 Å². The maximum Gasteiger partial charge on any atom is 0.339 e. The molecular formula is C22H28N2O5S3. The van der Waals surface area contributed by atoms with Crippen molar-refractivity contribution < 1.29 is 22.7 Å². The molecule has 7 nitrogen and oxygen atoms in total. The average molecular weight is 497 g/mol. The minimum absolute atomic E-state index is 0.0351. The number of ether oxygens (including phenoxy) is 1. The molecule has 1 aliphatic rings. The number of carbonyl (C=O) groups excluding carboxylic acids is 2. The molecule has 1 fully saturated rings. The summed E-state index contributed by atoms with van der Waals surface area (Å²) in [6, 6.07) is 6.62. The first-order valence-corrected chi connectivity index (χ1v) is 14.2. The molecule has 2 atom stereocenters. The highest BCUT2D eigenvalue weighted by Gasteiger charge is 2.36. The van der Waals surface area contributed by atoms with Gasteiger partial charge in [-0.1, -0.05) is 19.1 Å². The molecule has 1 saturated heterocycles. The monoisotopic (exact) mass is 496 g/mol. The first kappa shape index (κ1) is 24.7. The number of amides is 1. The van der Waals surface area contributed by atoms with E-state index in [-0.39, 0.29) is 29.5 Å². The molecule has 0 radical (unpaired) electrons. The summed E-state index contributed by atoms with van der Waals surface area (Å²) >= 11 is 3.07. The van der Waals surface area contributed by atoms with Crippen molar-refractivity contribution in [2.45, 2.75) is 56.3 Å². The van der Waals surface area contributed by atoms with Crippen molar-refractivity contribution in [3.05, 3.63) is 45.9 Å². The Kier molecular flexibility index (Phi) is 8.35. The molecule has 1 aromatic carbocycles. The van der Waals surface area contributed by atoms with Crippen LogP contribution in [0.2, 0.25) is 0 Å². The maximum atomic E-state index is 12.9. The first-order chi connectivity index (χ1) is 15.2. The Labute approximate surface area is 197 Å². The molecule has 32 heavy (non-hydrogen) atoms. The standard InChI is InChI=1S/C22H28N2O5S3/c1-4-15(2)24(18-9-10-32(27,28)14-18)21(25)11-29-22(26)19-7-5-6-8-20(19)31-13-17-12-30-16(3)23-17/h5-8,12,15,18H,4,9-11,13-14H2,1-3H3/t15-,18+/m0/s1. The second-order valence-corrected chi connectivity index (χ2v) is 12.1. The van der Waals surface area contributed by atoms with Gasteiger partial charge in [0.1, 0.15) is 0 Å². The molecule has 0 N–H and O–H groups in total. The van der Waals surface area contributed by atoms with Crippen LogP contribution in [0.1, 0.15) is 47.7 Å². The minimum Gasteiger partial charge on any atom is -0.452 e. The largest absolute Gasteiger partial charge is 0.452 e. The van der Waals surface area contributed by atoms with Crippen LogP contribution in [0.3, 0.4) is 0 Å². The molecule has 2 heterocycles. The smallest absolute Gasteiger partial charge is 0.339 e. The maximum absolute atomic E-state index is 12.9. The zero-order valence-corrected chi connectivity index (χ0v) is 20.9. The molecule has 3 rings (SSSR count). The fourth-order valence-electron chi connectivity index (χ4n) is 3.67. The molecule has 1 aromatic heterocycles. The van der Waals surface area contributed by atoms with Crippen molar-refractivity contribution in [2.24, 2.45) is 0 Å². The number of hydrogen-bond donors (Lipinski definition) is 0. The van der Waals surface area contributed by atoms with Gasteiger partial charge in [0.05, 0.1) is 27.8 Å². The first-order valence-electron chi connectivity index (χ1n) is 10.5. The summed E-state index contributed by atoms with van der Waals surface area (Å²) in [5, 5.41) is 2.99. The number of esters is 1. The highest BCUT2D eigenvalue weighted by Crippen LogP contribution is 2.27. The van der Waals surface area contributed by atoms with Crippen LogP contribution in [0, 0.1) is 6.92 Å². The topological polar surface area (TPSA) is 93.6 Å². The Balaban J connectivity index is 1.64. The second-order valence-electron chi connectivity index (χ2n) is 7.83. The van der Waals surface area contributed by atoms with Crippen LogP contribution >= 0.6 is 23.1 Å². The number of sulfone groups is 1. The molecular weight excluding hydrogens is 468 g/mol. The van der Waals surface area contributed by atoms with E-state index in [1.165, 1.54) is 11.8 Å². The quantitative estimate of drug-likeness (QED) is 0.386. The molecule has 0 aliphatic carbocycles. The van der Waals surface area contributed by atoms with Gasteiger partial charge in [-0.05, 0) is 38.8 Å². The van der Waals surface area contributed by atoms with E-state index in [1.54, 1.807) is 28.4 Å².